The molecular formula is C22H22ClF2N3O. The smallest absolute Gasteiger partial charge is 0.251 e. The van der Waals surface area contributed by atoms with Gasteiger partial charge in [0.2, 0.25) is 0 Å². The molecule has 0 unspecified atom stereocenters. The highest BCUT2D eigenvalue weighted by atomic mass is 35.5. The van der Waals surface area contributed by atoms with Crippen molar-refractivity contribution in [2.24, 2.45) is 0 Å². The molecule has 1 amide bonds. The van der Waals surface area contributed by atoms with Gasteiger partial charge in [-0.05, 0) is 62.1 Å². The zero-order chi connectivity index (χ0) is 19.5. The number of nitrogens with one attached hydrogen (secondary N) is 2. The van der Waals surface area contributed by atoms with Crippen LogP contribution in [0.2, 0.25) is 0 Å². The molecule has 0 atom stereocenters. The van der Waals surface area contributed by atoms with Gasteiger partial charge < -0.3 is 10.6 Å². The lowest BCUT2D eigenvalue weighted by atomic mass is 9.91. The largest absolute Gasteiger partial charge is 0.367 e. The molecular weight excluding hydrogens is 396 g/mol. The minimum atomic E-state index is -1.01. The van der Waals surface area contributed by atoms with Crippen LogP contribution in [0.3, 0.4) is 0 Å². The van der Waals surface area contributed by atoms with Gasteiger partial charge in [0, 0.05) is 23.0 Å². The number of aromatic nitrogens is 1. The average molecular weight is 418 g/mol. The average Bonchev–Trinajstić information content (AvgIpc) is 2.71. The number of para-hydroxylation sites is 1. The van der Waals surface area contributed by atoms with Gasteiger partial charge in [0.25, 0.3) is 5.91 Å². The van der Waals surface area contributed by atoms with Crippen molar-refractivity contribution in [2.45, 2.75) is 37.8 Å². The number of halogens is 3. The molecule has 3 aromatic rings. The van der Waals surface area contributed by atoms with Crippen molar-refractivity contribution >= 4 is 35.0 Å². The maximum absolute atomic E-state index is 13.3. The van der Waals surface area contributed by atoms with E-state index in [1.54, 1.807) is 0 Å². The van der Waals surface area contributed by atoms with Crippen LogP contribution in [0.5, 0.6) is 0 Å². The summed E-state index contributed by atoms with van der Waals surface area (Å²) in [6, 6.07) is 15.6. The lowest BCUT2D eigenvalue weighted by molar-refractivity contribution is 0.0926. The molecule has 1 fully saturated rings. The lowest BCUT2D eigenvalue weighted by Gasteiger charge is -2.30. The van der Waals surface area contributed by atoms with Gasteiger partial charge >= 0.3 is 0 Å². The topological polar surface area (TPSA) is 54.0 Å². The second-order valence-corrected chi connectivity index (χ2v) is 7.18. The van der Waals surface area contributed by atoms with Crippen LogP contribution in [-0.2, 0) is 0 Å². The Morgan fingerprint density at radius 2 is 1.62 bits per heavy atom. The normalized spacial score (nSPS) is 18.7. The summed E-state index contributed by atoms with van der Waals surface area (Å²) in [7, 11) is 0. The molecule has 1 heterocycles. The molecule has 152 valence electrons. The maximum Gasteiger partial charge on any atom is 0.251 e. The second-order valence-electron chi connectivity index (χ2n) is 7.18. The van der Waals surface area contributed by atoms with Crippen LogP contribution in [0.4, 0.5) is 14.6 Å². The van der Waals surface area contributed by atoms with Crippen LogP contribution in [0, 0.1) is 11.6 Å². The Labute approximate surface area is 174 Å². The Morgan fingerprint density at radius 1 is 0.897 bits per heavy atom. The van der Waals surface area contributed by atoms with E-state index in [1.165, 1.54) is 6.07 Å². The molecule has 1 aliphatic rings. The molecule has 0 saturated heterocycles. The first-order chi connectivity index (χ1) is 13.6. The van der Waals surface area contributed by atoms with Gasteiger partial charge in [0.15, 0.2) is 11.6 Å². The van der Waals surface area contributed by atoms with Gasteiger partial charge in [0.1, 0.15) is 5.82 Å². The minimum Gasteiger partial charge on any atom is -0.367 e. The summed E-state index contributed by atoms with van der Waals surface area (Å²) in [5.41, 5.74) is 1.10. The third kappa shape index (κ3) is 5.01. The fourth-order valence-electron chi connectivity index (χ4n) is 3.64. The zero-order valence-electron chi connectivity index (χ0n) is 15.7. The van der Waals surface area contributed by atoms with Crippen molar-refractivity contribution < 1.29 is 13.6 Å². The van der Waals surface area contributed by atoms with Gasteiger partial charge in [-0.2, -0.15) is 0 Å². The Kier molecular flexibility index (Phi) is 6.64. The van der Waals surface area contributed by atoms with E-state index in [2.05, 4.69) is 21.7 Å². The molecule has 7 heteroatoms. The number of pyridine rings is 1. The van der Waals surface area contributed by atoms with E-state index in [1.807, 2.05) is 30.3 Å². The van der Waals surface area contributed by atoms with Crippen molar-refractivity contribution in [3.05, 3.63) is 71.8 Å². The van der Waals surface area contributed by atoms with E-state index in [4.69, 9.17) is 0 Å². The number of benzene rings is 2. The molecule has 2 N–H and O–H groups in total. The fraction of sp³-hybridized carbons (Fsp3) is 0.273. The summed E-state index contributed by atoms with van der Waals surface area (Å²) in [6.07, 6.45) is 3.44. The van der Waals surface area contributed by atoms with Crippen LogP contribution in [0.25, 0.3) is 10.9 Å². The Bertz CT molecular complexity index is 1010. The number of carbonyl (C=O) groups is 1. The Morgan fingerprint density at radius 3 is 2.38 bits per heavy atom. The summed E-state index contributed by atoms with van der Waals surface area (Å²) < 4.78 is 26.3. The number of hydrogen-bond donors (Lipinski definition) is 2. The van der Waals surface area contributed by atoms with Crippen molar-refractivity contribution in [1.29, 1.82) is 0 Å². The van der Waals surface area contributed by atoms with Gasteiger partial charge in [-0.15, -0.1) is 12.4 Å². The standard InChI is InChI=1S/C22H21F2N3O.ClH/c23-18-11-5-15(13-19(18)24)22(28)26-17-9-7-16(8-10-17)25-21-12-6-14-3-1-2-4-20(14)27-21;/h1-6,11-13,16-17H,7-10H2,(H,25,27)(H,26,28);1H. The van der Waals surface area contributed by atoms with Crippen LogP contribution in [-0.4, -0.2) is 23.0 Å². The highest BCUT2D eigenvalue weighted by molar-refractivity contribution is 5.94. The summed E-state index contributed by atoms with van der Waals surface area (Å²) in [6.45, 7) is 0. The van der Waals surface area contributed by atoms with Gasteiger partial charge in [-0.1, -0.05) is 18.2 Å². The quantitative estimate of drug-likeness (QED) is 0.621. The van der Waals surface area contributed by atoms with E-state index in [0.717, 1.165) is 54.5 Å². The van der Waals surface area contributed by atoms with E-state index in [-0.39, 0.29) is 29.9 Å². The second kappa shape index (κ2) is 9.18. The molecule has 0 radical (unpaired) electrons. The number of nitrogens with zero attached hydrogens (tertiary/aromatic N) is 1. The first-order valence-electron chi connectivity index (χ1n) is 9.47. The summed E-state index contributed by atoms with van der Waals surface area (Å²) >= 11 is 0. The van der Waals surface area contributed by atoms with Crippen molar-refractivity contribution in [3.8, 4) is 0 Å². The first-order valence-corrected chi connectivity index (χ1v) is 9.47. The number of anilines is 1. The van der Waals surface area contributed by atoms with Gasteiger partial charge in [0.05, 0.1) is 5.52 Å². The summed E-state index contributed by atoms with van der Waals surface area (Å²) in [5, 5.41) is 7.50. The predicted molar refractivity (Wildman–Crippen MR) is 112 cm³/mol. The van der Waals surface area contributed by atoms with Crippen LogP contribution in [0.1, 0.15) is 36.0 Å². The monoisotopic (exact) mass is 417 g/mol. The molecule has 0 bridgehead atoms. The number of amides is 1. The minimum absolute atomic E-state index is 0. The van der Waals surface area contributed by atoms with Crippen LogP contribution in [0.15, 0.2) is 54.6 Å². The third-order valence-corrected chi connectivity index (χ3v) is 5.19. The maximum atomic E-state index is 13.3. The highest BCUT2D eigenvalue weighted by Gasteiger charge is 2.23. The molecule has 29 heavy (non-hydrogen) atoms. The molecule has 2 aromatic carbocycles. The summed E-state index contributed by atoms with van der Waals surface area (Å²) in [4.78, 5) is 16.9. The lowest BCUT2D eigenvalue weighted by Crippen LogP contribution is -2.40. The zero-order valence-corrected chi connectivity index (χ0v) is 16.5. The van der Waals surface area contributed by atoms with Crippen LogP contribution < -0.4 is 10.6 Å². The van der Waals surface area contributed by atoms with Crippen molar-refractivity contribution in [1.82, 2.24) is 10.3 Å². The number of carbonyl (C=O) groups excluding carboxylic acids is 1. The Hall–Kier alpha value is -2.73. The highest BCUT2D eigenvalue weighted by Crippen LogP contribution is 2.23. The van der Waals surface area contributed by atoms with E-state index in [0.29, 0.717) is 6.04 Å². The molecule has 1 saturated carbocycles. The van der Waals surface area contributed by atoms with E-state index < -0.39 is 11.6 Å². The van der Waals surface area contributed by atoms with Crippen molar-refractivity contribution in [3.63, 3.8) is 0 Å². The SMILES string of the molecule is Cl.O=C(NC1CCC(Nc2ccc3ccccc3n2)CC1)c1ccc(F)c(F)c1. The third-order valence-electron chi connectivity index (χ3n) is 5.19. The predicted octanol–water partition coefficient (Wildman–Crippen LogP) is 5.09. The molecule has 0 aliphatic heterocycles. The van der Waals surface area contributed by atoms with Crippen molar-refractivity contribution in [2.75, 3.05) is 5.32 Å². The summed E-state index contributed by atoms with van der Waals surface area (Å²) in [5.74, 6) is -1.48. The first kappa shape index (κ1) is 21.0. The van der Waals surface area contributed by atoms with E-state index >= 15 is 0 Å². The molecule has 1 aromatic heterocycles. The van der Waals surface area contributed by atoms with Gasteiger partial charge in [-0.3, -0.25) is 4.79 Å². The fourth-order valence-corrected chi connectivity index (χ4v) is 3.64. The number of fused-ring (bicyclic) bond motifs is 1. The Balaban J connectivity index is 0.00000240. The molecule has 4 rings (SSSR count). The molecule has 1 aliphatic carbocycles. The van der Waals surface area contributed by atoms with Gasteiger partial charge in [-0.25, -0.2) is 13.8 Å². The molecule has 4 nitrogen and oxygen atoms in total. The van der Waals surface area contributed by atoms with E-state index in [9.17, 15) is 13.6 Å². The number of rotatable bonds is 4. The molecule has 0 spiro atoms. The van der Waals surface area contributed by atoms with Crippen LogP contribution >= 0.6 is 12.4 Å². The number of hydrogen-bond acceptors (Lipinski definition) is 3.